The number of benzene rings is 1. The Kier molecular flexibility index (Phi) is 6.91. The van der Waals surface area contributed by atoms with E-state index in [2.05, 4.69) is 5.32 Å². The minimum atomic E-state index is -1.82. The van der Waals surface area contributed by atoms with Gasteiger partial charge in [0.25, 0.3) is 0 Å². The molecule has 1 rings (SSSR count). The van der Waals surface area contributed by atoms with E-state index in [0.29, 0.717) is 12.3 Å². The molecule has 100 valence electrons. The number of ether oxygens (including phenoxy) is 1. The molecular weight excluding hydrogens is 242 g/mol. The van der Waals surface area contributed by atoms with Gasteiger partial charge in [0.1, 0.15) is 0 Å². The first kappa shape index (κ1) is 15.7. The molecule has 0 unspecified atom stereocenters. The summed E-state index contributed by atoms with van der Waals surface area (Å²) in [5, 5.41) is 27.3. The van der Waals surface area contributed by atoms with Crippen LogP contribution in [-0.2, 0) is 16.1 Å². The Morgan fingerprint density at radius 2 is 1.83 bits per heavy atom. The Morgan fingerprint density at radius 3 is 2.22 bits per heavy atom. The number of aliphatic carboxylic acids is 2. The molecule has 7 heteroatoms. The third-order valence-corrected chi connectivity index (χ3v) is 1.85. The minimum absolute atomic E-state index is 0.217. The zero-order valence-corrected chi connectivity index (χ0v) is 10.0. The number of phenols is 1. The average molecular weight is 257 g/mol. The van der Waals surface area contributed by atoms with Crippen LogP contribution in [-0.4, -0.2) is 41.4 Å². The molecule has 18 heavy (non-hydrogen) atoms. The highest BCUT2D eigenvalue weighted by atomic mass is 16.5. The van der Waals surface area contributed by atoms with Crippen LogP contribution in [0.1, 0.15) is 5.56 Å². The van der Waals surface area contributed by atoms with E-state index in [-0.39, 0.29) is 5.75 Å². The predicted octanol–water partition coefficient (Wildman–Crippen LogP) is 0.276. The van der Waals surface area contributed by atoms with Gasteiger partial charge in [-0.2, -0.15) is 0 Å². The number of carboxylic acid groups (broad SMARTS) is 2. The number of aromatic hydroxyl groups is 1. The van der Waals surface area contributed by atoms with Gasteiger partial charge in [-0.25, -0.2) is 9.59 Å². The molecule has 0 radical (unpaired) electrons. The van der Waals surface area contributed by atoms with E-state index in [0.717, 1.165) is 5.56 Å². The fourth-order valence-electron chi connectivity index (χ4n) is 1.07. The van der Waals surface area contributed by atoms with Crippen molar-refractivity contribution in [2.75, 3.05) is 14.2 Å². The molecular formula is C11H15NO6. The summed E-state index contributed by atoms with van der Waals surface area (Å²) in [5.41, 5.74) is 0.844. The lowest BCUT2D eigenvalue weighted by molar-refractivity contribution is -0.159. The summed E-state index contributed by atoms with van der Waals surface area (Å²) < 4.78 is 4.95. The zero-order chi connectivity index (χ0) is 14.1. The molecule has 0 aromatic heterocycles. The maximum atomic E-state index is 9.55. The Bertz CT molecular complexity index is 406. The summed E-state index contributed by atoms with van der Waals surface area (Å²) in [6.07, 6.45) is 0. The quantitative estimate of drug-likeness (QED) is 0.574. The summed E-state index contributed by atoms with van der Waals surface area (Å²) in [7, 11) is 3.37. The molecule has 0 atom stereocenters. The van der Waals surface area contributed by atoms with Crippen LogP contribution in [0, 0.1) is 0 Å². The van der Waals surface area contributed by atoms with Gasteiger partial charge >= 0.3 is 11.9 Å². The molecule has 0 amide bonds. The molecule has 7 nitrogen and oxygen atoms in total. The van der Waals surface area contributed by atoms with Gasteiger partial charge in [0.2, 0.25) is 0 Å². The average Bonchev–Trinajstić information content (AvgIpc) is 2.33. The van der Waals surface area contributed by atoms with Crippen molar-refractivity contribution in [2.24, 2.45) is 0 Å². The molecule has 0 aliphatic heterocycles. The Balaban J connectivity index is 0.000000411. The van der Waals surface area contributed by atoms with E-state index in [4.69, 9.17) is 24.5 Å². The first-order chi connectivity index (χ1) is 8.43. The number of carboxylic acids is 2. The van der Waals surface area contributed by atoms with Crippen molar-refractivity contribution in [3.05, 3.63) is 23.8 Å². The van der Waals surface area contributed by atoms with E-state index in [1.54, 1.807) is 6.07 Å². The lowest BCUT2D eigenvalue weighted by Crippen LogP contribution is -2.09. The maximum absolute atomic E-state index is 9.55. The normalized spacial score (nSPS) is 9.00. The highest BCUT2D eigenvalue weighted by Gasteiger charge is 2.05. The van der Waals surface area contributed by atoms with Crippen molar-refractivity contribution in [3.63, 3.8) is 0 Å². The molecule has 0 aliphatic rings. The van der Waals surface area contributed by atoms with Gasteiger partial charge in [-0.05, 0) is 13.1 Å². The van der Waals surface area contributed by atoms with E-state index in [9.17, 15) is 5.11 Å². The second kappa shape index (κ2) is 7.91. The second-order valence-corrected chi connectivity index (χ2v) is 3.11. The number of methoxy groups -OCH3 is 1. The number of para-hydroxylation sites is 1. The van der Waals surface area contributed by atoms with Crippen LogP contribution >= 0.6 is 0 Å². The Morgan fingerprint density at radius 1 is 1.28 bits per heavy atom. The van der Waals surface area contributed by atoms with Crippen molar-refractivity contribution in [3.8, 4) is 11.5 Å². The smallest absolute Gasteiger partial charge is 0.414 e. The van der Waals surface area contributed by atoms with Gasteiger partial charge in [0, 0.05) is 12.1 Å². The molecule has 0 bridgehead atoms. The van der Waals surface area contributed by atoms with Crippen LogP contribution < -0.4 is 10.1 Å². The van der Waals surface area contributed by atoms with Gasteiger partial charge in [-0.3, -0.25) is 0 Å². The summed E-state index contributed by atoms with van der Waals surface area (Å²) >= 11 is 0. The van der Waals surface area contributed by atoms with E-state index < -0.39 is 11.9 Å². The number of rotatable bonds is 3. The van der Waals surface area contributed by atoms with Crippen molar-refractivity contribution in [1.29, 1.82) is 0 Å². The number of carbonyl (C=O) groups is 2. The molecule has 0 fully saturated rings. The molecule has 0 heterocycles. The van der Waals surface area contributed by atoms with Crippen LogP contribution in [0.25, 0.3) is 0 Å². The summed E-state index contributed by atoms with van der Waals surface area (Å²) in [5.74, 6) is -2.91. The van der Waals surface area contributed by atoms with Crippen molar-refractivity contribution < 1.29 is 29.6 Å². The largest absolute Gasteiger partial charge is 0.504 e. The summed E-state index contributed by atoms with van der Waals surface area (Å²) in [6.45, 7) is 0.642. The summed E-state index contributed by atoms with van der Waals surface area (Å²) in [6, 6.07) is 5.44. The van der Waals surface area contributed by atoms with Crippen LogP contribution in [0.15, 0.2) is 18.2 Å². The number of hydrogen-bond acceptors (Lipinski definition) is 5. The van der Waals surface area contributed by atoms with Crippen molar-refractivity contribution in [2.45, 2.75) is 6.54 Å². The number of phenolic OH excluding ortho intramolecular Hbond substituents is 1. The molecule has 0 saturated heterocycles. The van der Waals surface area contributed by atoms with Gasteiger partial charge in [-0.1, -0.05) is 12.1 Å². The SMILES string of the molecule is CNCc1cccc(OC)c1O.O=C(O)C(=O)O. The van der Waals surface area contributed by atoms with Crippen molar-refractivity contribution >= 4 is 11.9 Å². The third kappa shape index (κ3) is 5.17. The van der Waals surface area contributed by atoms with Gasteiger partial charge in [0.05, 0.1) is 7.11 Å². The van der Waals surface area contributed by atoms with Gasteiger partial charge in [-0.15, -0.1) is 0 Å². The van der Waals surface area contributed by atoms with Gasteiger partial charge in [0.15, 0.2) is 11.5 Å². The van der Waals surface area contributed by atoms with Crippen LogP contribution in [0.3, 0.4) is 0 Å². The fourth-order valence-corrected chi connectivity index (χ4v) is 1.07. The molecule has 0 saturated carbocycles. The van der Waals surface area contributed by atoms with Gasteiger partial charge < -0.3 is 25.4 Å². The first-order valence-corrected chi connectivity index (χ1v) is 4.89. The Hall–Kier alpha value is -2.28. The number of nitrogens with one attached hydrogen (secondary N) is 1. The molecule has 4 N–H and O–H groups in total. The van der Waals surface area contributed by atoms with Crippen LogP contribution in [0.5, 0.6) is 11.5 Å². The maximum Gasteiger partial charge on any atom is 0.414 e. The lowest BCUT2D eigenvalue weighted by Gasteiger charge is -2.07. The monoisotopic (exact) mass is 257 g/mol. The zero-order valence-electron chi connectivity index (χ0n) is 10.0. The van der Waals surface area contributed by atoms with Crippen molar-refractivity contribution in [1.82, 2.24) is 5.32 Å². The predicted molar refractivity (Wildman–Crippen MR) is 62.7 cm³/mol. The third-order valence-electron chi connectivity index (χ3n) is 1.85. The second-order valence-electron chi connectivity index (χ2n) is 3.11. The highest BCUT2D eigenvalue weighted by molar-refractivity contribution is 6.27. The topological polar surface area (TPSA) is 116 Å². The molecule has 0 aliphatic carbocycles. The first-order valence-electron chi connectivity index (χ1n) is 4.89. The standard InChI is InChI=1S/C9H13NO2.C2H2O4/c1-10-6-7-4-3-5-8(12-2)9(7)11;3-1(4)2(5)6/h3-5,10-11H,6H2,1-2H3;(H,3,4)(H,5,6). The number of hydrogen-bond donors (Lipinski definition) is 4. The van der Waals surface area contributed by atoms with E-state index in [1.165, 1.54) is 7.11 Å². The molecule has 1 aromatic carbocycles. The highest BCUT2D eigenvalue weighted by Crippen LogP contribution is 2.28. The minimum Gasteiger partial charge on any atom is -0.504 e. The molecule has 0 spiro atoms. The molecule has 1 aromatic rings. The lowest BCUT2D eigenvalue weighted by atomic mass is 10.2. The van der Waals surface area contributed by atoms with Crippen LogP contribution in [0.4, 0.5) is 0 Å². The fraction of sp³-hybridized carbons (Fsp3) is 0.273. The Labute approximate surface area is 104 Å². The van der Waals surface area contributed by atoms with Crippen LogP contribution in [0.2, 0.25) is 0 Å². The summed E-state index contributed by atoms with van der Waals surface area (Å²) in [4.78, 5) is 18.2. The van der Waals surface area contributed by atoms with E-state index in [1.807, 2.05) is 19.2 Å². The van der Waals surface area contributed by atoms with E-state index >= 15 is 0 Å².